The lowest BCUT2D eigenvalue weighted by atomic mass is 10.2. The lowest BCUT2D eigenvalue weighted by molar-refractivity contribution is 0.0526. The number of halogens is 2. The summed E-state index contributed by atoms with van der Waals surface area (Å²) in [7, 11) is 0. The Morgan fingerprint density at radius 1 is 1.13 bits per heavy atom. The molecular formula is C16H14F2N2O2S. The molecule has 2 N–H and O–H groups in total. The van der Waals surface area contributed by atoms with Gasteiger partial charge in [-0.3, -0.25) is 0 Å². The highest BCUT2D eigenvalue weighted by Gasteiger charge is 2.08. The van der Waals surface area contributed by atoms with E-state index in [2.05, 4.69) is 10.6 Å². The molecule has 2 aromatic rings. The second kappa shape index (κ2) is 7.64. The van der Waals surface area contributed by atoms with Crippen LogP contribution in [0.1, 0.15) is 17.3 Å². The van der Waals surface area contributed by atoms with Gasteiger partial charge in [-0.25, -0.2) is 13.6 Å². The minimum atomic E-state index is -0.744. The molecule has 2 aromatic carbocycles. The van der Waals surface area contributed by atoms with E-state index in [1.54, 1.807) is 31.2 Å². The Labute approximate surface area is 137 Å². The number of rotatable bonds is 4. The maximum Gasteiger partial charge on any atom is 0.338 e. The van der Waals surface area contributed by atoms with Crippen molar-refractivity contribution < 1.29 is 18.3 Å². The standard InChI is InChI=1S/C16H14F2N2O2S/c1-2-22-15(21)10-3-6-12(7-4-10)19-16(23)20-14-8-5-11(17)9-13(14)18/h3-9H,2H2,1H3,(H2,19,20,23). The van der Waals surface area contributed by atoms with E-state index in [9.17, 15) is 13.6 Å². The minimum absolute atomic E-state index is 0.0621. The van der Waals surface area contributed by atoms with E-state index in [0.717, 1.165) is 12.1 Å². The van der Waals surface area contributed by atoms with Gasteiger partial charge in [0.15, 0.2) is 5.11 Å². The first kappa shape index (κ1) is 16.8. The van der Waals surface area contributed by atoms with Crippen molar-refractivity contribution in [1.82, 2.24) is 0 Å². The van der Waals surface area contributed by atoms with E-state index in [1.165, 1.54) is 6.07 Å². The van der Waals surface area contributed by atoms with Gasteiger partial charge in [-0.05, 0) is 55.5 Å². The Bertz CT molecular complexity index is 721. The summed E-state index contributed by atoms with van der Waals surface area (Å²) < 4.78 is 31.2. The number of thiocarbonyl (C=S) groups is 1. The zero-order valence-electron chi connectivity index (χ0n) is 12.2. The third-order valence-electron chi connectivity index (χ3n) is 2.83. The van der Waals surface area contributed by atoms with E-state index >= 15 is 0 Å². The maximum absolute atomic E-state index is 13.5. The fourth-order valence-electron chi connectivity index (χ4n) is 1.78. The van der Waals surface area contributed by atoms with Gasteiger partial charge in [0.25, 0.3) is 0 Å². The van der Waals surface area contributed by atoms with Crippen LogP contribution >= 0.6 is 12.2 Å². The van der Waals surface area contributed by atoms with Crippen molar-refractivity contribution in [3.05, 3.63) is 59.7 Å². The van der Waals surface area contributed by atoms with Gasteiger partial charge in [0.1, 0.15) is 11.6 Å². The van der Waals surface area contributed by atoms with Gasteiger partial charge in [-0.15, -0.1) is 0 Å². The number of benzene rings is 2. The zero-order valence-corrected chi connectivity index (χ0v) is 13.0. The van der Waals surface area contributed by atoms with Gasteiger partial charge in [0.05, 0.1) is 17.9 Å². The van der Waals surface area contributed by atoms with Crippen molar-refractivity contribution in [3.8, 4) is 0 Å². The Morgan fingerprint density at radius 2 is 1.83 bits per heavy atom. The number of hydrogen-bond acceptors (Lipinski definition) is 3. The number of carbonyl (C=O) groups excluding carboxylic acids is 1. The predicted molar refractivity (Wildman–Crippen MR) is 88.6 cm³/mol. The second-order valence-electron chi connectivity index (χ2n) is 4.50. The molecule has 0 heterocycles. The lowest BCUT2D eigenvalue weighted by Gasteiger charge is -2.11. The van der Waals surface area contributed by atoms with Crippen LogP contribution in [-0.2, 0) is 4.74 Å². The summed E-state index contributed by atoms with van der Waals surface area (Å²) >= 11 is 5.06. The molecule has 0 amide bonds. The average Bonchev–Trinajstić information content (AvgIpc) is 2.51. The quantitative estimate of drug-likeness (QED) is 0.654. The van der Waals surface area contributed by atoms with E-state index in [1.807, 2.05) is 0 Å². The molecule has 0 saturated carbocycles. The van der Waals surface area contributed by atoms with Crippen LogP contribution in [0.2, 0.25) is 0 Å². The van der Waals surface area contributed by atoms with Gasteiger partial charge < -0.3 is 15.4 Å². The summed E-state index contributed by atoms with van der Waals surface area (Å²) in [4.78, 5) is 11.5. The minimum Gasteiger partial charge on any atom is -0.462 e. The molecule has 0 unspecified atom stereocenters. The summed E-state index contributed by atoms with van der Waals surface area (Å²) in [5.41, 5.74) is 1.09. The molecule has 0 fully saturated rings. The van der Waals surface area contributed by atoms with Crippen molar-refractivity contribution >= 4 is 34.7 Å². The second-order valence-corrected chi connectivity index (χ2v) is 4.91. The SMILES string of the molecule is CCOC(=O)c1ccc(NC(=S)Nc2ccc(F)cc2F)cc1. The molecule has 7 heteroatoms. The monoisotopic (exact) mass is 336 g/mol. The Balaban J connectivity index is 1.98. The first-order valence-electron chi connectivity index (χ1n) is 6.80. The fourth-order valence-corrected chi connectivity index (χ4v) is 2.01. The molecule has 0 atom stereocenters. The number of nitrogens with one attached hydrogen (secondary N) is 2. The normalized spacial score (nSPS) is 10.0. The number of ether oxygens (including phenoxy) is 1. The number of esters is 1. The van der Waals surface area contributed by atoms with Crippen LogP contribution in [0.5, 0.6) is 0 Å². The van der Waals surface area contributed by atoms with Crippen LogP contribution in [-0.4, -0.2) is 17.7 Å². The lowest BCUT2D eigenvalue weighted by Crippen LogP contribution is -2.19. The van der Waals surface area contributed by atoms with Crippen molar-refractivity contribution in [1.29, 1.82) is 0 Å². The average molecular weight is 336 g/mol. The molecule has 0 radical (unpaired) electrons. The Hall–Kier alpha value is -2.54. The molecular weight excluding hydrogens is 322 g/mol. The van der Waals surface area contributed by atoms with Crippen LogP contribution in [0, 0.1) is 11.6 Å². The molecule has 0 spiro atoms. The molecule has 4 nitrogen and oxygen atoms in total. The Kier molecular flexibility index (Phi) is 5.59. The van der Waals surface area contributed by atoms with Gasteiger partial charge >= 0.3 is 5.97 Å². The van der Waals surface area contributed by atoms with E-state index in [4.69, 9.17) is 17.0 Å². The van der Waals surface area contributed by atoms with E-state index in [-0.39, 0.29) is 10.8 Å². The van der Waals surface area contributed by atoms with Crippen molar-refractivity contribution in [2.75, 3.05) is 17.2 Å². The number of anilines is 2. The summed E-state index contributed by atoms with van der Waals surface area (Å²) in [5.74, 6) is -1.82. The van der Waals surface area contributed by atoms with E-state index < -0.39 is 17.6 Å². The Morgan fingerprint density at radius 3 is 2.43 bits per heavy atom. The van der Waals surface area contributed by atoms with Crippen LogP contribution in [0.3, 0.4) is 0 Å². The molecule has 120 valence electrons. The molecule has 23 heavy (non-hydrogen) atoms. The van der Waals surface area contributed by atoms with Gasteiger partial charge in [0.2, 0.25) is 0 Å². The van der Waals surface area contributed by atoms with E-state index in [0.29, 0.717) is 17.9 Å². The van der Waals surface area contributed by atoms with Crippen molar-refractivity contribution in [2.24, 2.45) is 0 Å². The first-order valence-corrected chi connectivity index (χ1v) is 7.20. The third-order valence-corrected chi connectivity index (χ3v) is 3.04. The summed E-state index contributed by atoms with van der Waals surface area (Å²) in [6.07, 6.45) is 0. The topological polar surface area (TPSA) is 50.4 Å². The first-order chi connectivity index (χ1) is 11.0. The van der Waals surface area contributed by atoms with Gasteiger partial charge in [-0.1, -0.05) is 0 Å². The maximum atomic E-state index is 13.5. The van der Waals surface area contributed by atoms with Gasteiger partial charge in [-0.2, -0.15) is 0 Å². The van der Waals surface area contributed by atoms with Crippen LogP contribution in [0.25, 0.3) is 0 Å². The summed E-state index contributed by atoms with van der Waals surface area (Å²) in [6.45, 7) is 2.03. The zero-order chi connectivity index (χ0) is 16.8. The molecule has 0 aliphatic carbocycles. The van der Waals surface area contributed by atoms with Crippen molar-refractivity contribution in [3.63, 3.8) is 0 Å². The highest BCUT2D eigenvalue weighted by Crippen LogP contribution is 2.16. The number of carbonyl (C=O) groups is 1. The highest BCUT2D eigenvalue weighted by molar-refractivity contribution is 7.80. The highest BCUT2D eigenvalue weighted by atomic mass is 32.1. The third kappa shape index (κ3) is 4.72. The summed E-state index contributed by atoms with van der Waals surface area (Å²) in [5, 5.41) is 5.61. The number of hydrogen-bond donors (Lipinski definition) is 2. The summed E-state index contributed by atoms with van der Waals surface area (Å²) in [6, 6.07) is 9.59. The molecule has 0 aliphatic heterocycles. The van der Waals surface area contributed by atoms with Crippen LogP contribution < -0.4 is 10.6 Å². The van der Waals surface area contributed by atoms with Crippen LogP contribution in [0.4, 0.5) is 20.2 Å². The molecule has 0 aliphatic rings. The molecule has 2 rings (SSSR count). The van der Waals surface area contributed by atoms with Gasteiger partial charge in [0, 0.05) is 11.8 Å². The molecule has 0 bridgehead atoms. The molecule has 0 saturated heterocycles. The van der Waals surface area contributed by atoms with Crippen LogP contribution in [0.15, 0.2) is 42.5 Å². The molecule has 0 aromatic heterocycles. The predicted octanol–water partition coefficient (Wildman–Crippen LogP) is 3.95. The van der Waals surface area contributed by atoms with Crippen molar-refractivity contribution in [2.45, 2.75) is 6.92 Å². The fraction of sp³-hybridized carbons (Fsp3) is 0.125. The largest absolute Gasteiger partial charge is 0.462 e. The smallest absolute Gasteiger partial charge is 0.338 e.